The van der Waals surface area contributed by atoms with Crippen LogP contribution in [0.4, 0.5) is 0 Å². The maximum Gasteiger partial charge on any atom is 0.326 e. The largest absolute Gasteiger partial charge is 0.480 e. The summed E-state index contributed by atoms with van der Waals surface area (Å²) in [4.78, 5) is 172. The van der Waals surface area contributed by atoms with Gasteiger partial charge in [-0.3, -0.25) is 57.7 Å². The van der Waals surface area contributed by atoms with Crippen molar-refractivity contribution in [2.45, 2.75) is 250 Å². The van der Waals surface area contributed by atoms with Crippen molar-refractivity contribution < 1.29 is 78.0 Å². The number of aliphatic hydroxyl groups is 3. The number of likely N-dealkylation sites (tertiary alicyclic amines) is 2. The van der Waals surface area contributed by atoms with Crippen LogP contribution in [0.1, 0.15) is 159 Å². The molecule has 530 valence electrons. The summed E-state index contributed by atoms with van der Waals surface area (Å²) in [6.07, 6.45) is -1.30. The van der Waals surface area contributed by atoms with Crippen molar-refractivity contribution in [1.29, 1.82) is 0 Å². The third-order valence-corrected chi connectivity index (χ3v) is 15.9. The first-order valence-corrected chi connectivity index (χ1v) is 32.4. The highest BCUT2D eigenvalue weighted by Gasteiger charge is 2.43. The van der Waals surface area contributed by atoms with Gasteiger partial charge in [0.05, 0.1) is 24.4 Å². The predicted octanol–water partition coefficient (Wildman–Crippen LogP) is -5.03. The molecule has 0 aromatic carbocycles. The van der Waals surface area contributed by atoms with Crippen LogP contribution in [0, 0.1) is 17.8 Å². The SMILES string of the molecule is CC(C)C[C@H](NC(=O)[C@H](CCCCN)NC(=O)[C@@H]1CCCN1C(=O)[C@H](C)NC(=O)[C@@H](NC(=O)[C@@H](NC(=O)[C@@H](N)CC(C)C)[C@@H](C)O)[C@@H](C)O)C(=O)N1CCC[C@H]1C(=O)N[C@@H](CCCCN)C(=O)N[C@H](C(=O)N[C@H](C(=O)N[C@@H](CCCN=C(N)N)C(=O)O)[C@@H](C)O)C(C)C. The molecule has 0 saturated carbocycles. The van der Waals surface area contributed by atoms with Crippen LogP contribution in [0.5, 0.6) is 0 Å². The second kappa shape index (κ2) is 40.7. The fourth-order valence-electron chi connectivity index (χ4n) is 10.8. The van der Waals surface area contributed by atoms with Crippen LogP contribution in [0.25, 0.3) is 0 Å². The molecule has 0 aromatic rings. The van der Waals surface area contributed by atoms with Crippen molar-refractivity contribution in [2.75, 3.05) is 32.7 Å². The standard InChI is InChI=1S/C60H109N17O16/c1-30(2)28-37(63)48(81)73-47(36(10)80)56(89)75-45(34(8)78)54(87)67-33(7)57(90)76-26-16-21-42(76)51(84)68-38(18-11-13-23-61)49(82)71-41(29-31(3)4)58(91)77-27-17-22-43(77)52(85)69-39(19-12-14-24-62)50(83)72-44(32(5)6)53(86)74-46(35(9)79)55(88)70-40(59(92)93)20-15-25-66-60(64)65/h30-47,78-80H,11-29,61-63H2,1-10H3,(H,67,87)(H,68,84)(H,69,85)(H,70,88)(H,71,82)(H,72,83)(H,73,81)(H,74,86)(H,75,89)(H,92,93)(H4,64,65,66)/t33-,34+,35+,36+,37-,38-,39-,40-,41-,42-,43-,44-,45-,46-,47-/m0/s1. The zero-order chi connectivity index (χ0) is 70.6. The predicted molar refractivity (Wildman–Crippen MR) is 343 cm³/mol. The zero-order valence-electron chi connectivity index (χ0n) is 55.7. The van der Waals surface area contributed by atoms with Crippen LogP contribution in [0.2, 0.25) is 0 Å². The Kier molecular flexibility index (Phi) is 35.8. The average Bonchev–Trinajstić information content (AvgIpc) is 1.78. The number of aliphatic hydroxyl groups excluding tert-OH is 3. The van der Waals surface area contributed by atoms with Crippen LogP contribution in [0.3, 0.4) is 0 Å². The maximum absolute atomic E-state index is 14.7. The molecule has 0 unspecified atom stereocenters. The fraction of sp³-hybridized carbons (Fsp3) is 0.783. The number of nitrogens with two attached hydrogens (primary N) is 5. The Bertz CT molecular complexity index is 2530. The van der Waals surface area contributed by atoms with Gasteiger partial charge in [0.15, 0.2) is 5.96 Å². The quantitative estimate of drug-likeness (QED) is 0.0155. The third-order valence-electron chi connectivity index (χ3n) is 15.9. The molecule has 0 bridgehead atoms. The fourth-order valence-corrected chi connectivity index (χ4v) is 10.8. The zero-order valence-corrected chi connectivity index (χ0v) is 55.7. The Balaban J connectivity index is 2.33. The molecular formula is C60H109N17O16. The van der Waals surface area contributed by atoms with Crippen molar-refractivity contribution in [3.8, 4) is 0 Å². The summed E-state index contributed by atoms with van der Waals surface area (Å²) in [5.74, 6) is -11.3. The Morgan fingerprint density at radius 1 is 0.462 bits per heavy atom. The van der Waals surface area contributed by atoms with Crippen LogP contribution in [-0.2, 0) is 57.5 Å². The number of carbonyl (C=O) groups excluding carboxylic acids is 11. The van der Waals surface area contributed by atoms with Gasteiger partial charge in [0.1, 0.15) is 66.5 Å². The molecule has 15 atom stereocenters. The van der Waals surface area contributed by atoms with E-state index in [2.05, 4.69) is 52.8 Å². The van der Waals surface area contributed by atoms with Gasteiger partial charge in [-0.1, -0.05) is 41.5 Å². The summed E-state index contributed by atoms with van der Waals surface area (Å²) < 4.78 is 0. The van der Waals surface area contributed by atoms with Gasteiger partial charge in [-0.15, -0.1) is 0 Å². The summed E-state index contributed by atoms with van der Waals surface area (Å²) in [6.45, 7) is 16.3. The van der Waals surface area contributed by atoms with Gasteiger partial charge >= 0.3 is 5.97 Å². The summed E-state index contributed by atoms with van der Waals surface area (Å²) in [7, 11) is 0. The highest BCUT2D eigenvalue weighted by molar-refractivity contribution is 6.00. The molecule has 2 fully saturated rings. The number of carboxylic acid groups (broad SMARTS) is 1. The highest BCUT2D eigenvalue weighted by Crippen LogP contribution is 2.23. The number of carboxylic acids is 1. The van der Waals surface area contributed by atoms with Crippen molar-refractivity contribution in [2.24, 2.45) is 51.4 Å². The van der Waals surface area contributed by atoms with E-state index in [0.29, 0.717) is 38.5 Å². The van der Waals surface area contributed by atoms with E-state index in [1.165, 1.54) is 37.5 Å². The molecule has 11 amide bonds. The molecule has 23 N–H and O–H groups in total. The second-order valence-corrected chi connectivity index (χ2v) is 25.5. The minimum absolute atomic E-state index is 0.0376. The minimum atomic E-state index is -1.68. The number of nitrogens with one attached hydrogen (secondary N) is 9. The van der Waals surface area contributed by atoms with E-state index >= 15 is 0 Å². The topological polar surface area (TPSA) is 543 Å². The second-order valence-electron chi connectivity index (χ2n) is 25.5. The molecule has 0 aromatic heterocycles. The first-order chi connectivity index (χ1) is 43.6. The molecule has 2 saturated heterocycles. The summed E-state index contributed by atoms with van der Waals surface area (Å²) in [6, 6.07) is -16.0. The number of carbonyl (C=O) groups is 12. The van der Waals surface area contributed by atoms with Gasteiger partial charge in [-0.25, -0.2) is 4.79 Å². The van der Waals surface area contributed by atoms with Gasteiger partial charge < -0.3 is 107 Å². The number of hydrogen-bond acceptors (Lipinski definition) is 19. The number of rotatable bonds is 41. The van der Waals surface area contributed by atoms with Crippen LogP contribution < -0.4 is 76.5 Å². The lowest BCUT2D eigenvalue weighted by Crippen LogP contribution is -2.62. The number of hydrogen-bond donors (Lipinski definition) is 18. The maximum atomic E-state index is 14.7. The van der Waals surface area contributed by atoms with Gasteiger partial charge in [0.25, 0.3) is 0 Å². The molecule has 2 aliphatic rings. The first-order valence-electron chi connectivity index (χ1n) is 32.4. The highest BCUT2D eigenvalue weighted by atomic mass is 16.4. The average molecular weight is 1320 g/mol. The molecule has 2 rings (SSSR count). The molecule has 93 heavy (non-hydrogen) atoms. The Morgan fingerprint density at radius 2 is 0.849 bits per heavy atom. The summed E-state index contributed by atoms with van der Waals surface area (Å²) in [5.41, 5.74) is 28.2. The number of guanidine groups is 1. The van der Waals surface area contributed by atoms with Crippen molar-refractivity contribution in [3.05, 3.63) is 0 Å². The van der Waals surface area contributed by atoms with E-state index in [-0.39, 0.29) is 102 Å². The number of aliphatic imine (C=N–C) groups is 1. The lowest BCUT2D eigenvalue weighted by molar-refractivity contribution is -0.144. The molecule has 0 radical (unpaired) electrons. The Hall–Kier alpha value is -7.33. The van der Waals surface area contributed by atoms with E-state index in [0.717, 1.165) is 0 Å². The van der Waals surface area contributed by atoms with Crippen LogP contribution >= 0.6 is 0 Å². The molecular weight excluding hydrogens is 1210 g/mol. The van der Waals surface area contributed by atoms with Gasteiger partial charge in [-0.05, 0) is 148 Å². The van der Waals surface area contributed by atoms with Crippen molar-refractivity contribution >= 4 is 76.9 Å². The summed E-state index contributed by atoms with van der Waals surface area (Å²) >= 11 is 0. The smallest absolute Gasteiger partial charge is 0.326 e. The number of amides is 11. The van der Waals surface area contributed by atoms with Crippen LogP contribution in [0.15, 0.2) is 4.99 Å². The normalized spacial score (nSPS) is 19.0. The van der Waals surface area contributed by atoms with Crippen molar-refractivity contribution in [1.82, 2.24) is 57.7 Å². The summed E-state index contributed by atoms with van der Waals surface area (Å²) in [5, 5.41) is 64.3. The molecule has 0 aliphatic carbocycles. The van der Waals surface area contributed by atoms with E-state index in [1.807, 2.05) is 27.7 Å². The monoisotopic (exact) mass is 1320 g/mol. The first kappa shape index (κ1) is 81.8. The molecule has 2 aliphatic heterocycles. The van der Waals surface area contributed by atoms with Crippen LogP contribution in [-0.4, -0.2) is 231 Å². The van der Waals surface area contributed by atoms with Gasteiger partial charge in [0, 0.05) is 19.6 Å². The number of unbranched alkanes of at least 4 members (excludes halogenated alkanes) is 2. The Labute approximate surface area is 544 Å². The number of aliphatic carboxylic acids is 1. The van der Waals surface area contributed by atoms with Gasteiger partial charge in [0.2, 0.25) is 65.0 Å². The lowest BCUT2D eigenvalue weighted by atomic mass is 10.00. The molecule has 33 heteroatoms. The number of nitrogens with zero attached hydrogens (tertiary/aromatic N) is 3. The molecule has 0 spiro atoms. The molecule has 33 nitrogen and oxygen atoms in total. The van der Waals surface area contributed by atoms with E-state index in [1.54, 1.807) is 13.8 Å². The van der Waals surface area contributed by atoms with Crippen molar-refractivity contribution in [3.63, 3.8) is 0 Å². The van der Waals surface area contributed by atoms with E-state index in [4.69, 9.17) is 28.7 Å². The van der Waals surface area contributed by atoms with E-state index < -0.39 is 168 Å². The molecule has 2 heterocycles. The lowest BCUT2D eigenvalue weighted by Gasteiger charge is -2.32. The van der Waals surface area contributed by atoms with Gasteiger partial charge in [-0.2, -0.15) is 0 Å². The third kappa shape index (κ3) is 27.3. The minimum Gasteiger partial charge on any atom is -0.480 e. The van der Waals surface area contributed by atoms with E-state index in [9.17, 15) is 78.0 Å². The Morgan fingerprint density at radius 3 is 1.27 bits per heavy atom.